The Labute approximate surface area is 171 Å². The highest BCUT2D eigenvalue weighted by atomic mass is 35.5. The Bertz CT molecular complexity index is 1120. The third-order valence-electron chi connectivity index (χ3n) is 4.64. The summed E-state index contributed by atoms with van der Waals surface area (Å²) in [4.78, 5) is 23.2. The number of carboxylic acids is 1. The molecule has 0 aliphatic rings. The molecule has 0 saturated heterocycles. The minimum atomic E-state index is -0.959. The summed E-state index contributed by atoms with van der Waals surface area (Å²) in [6.45, 7) is 3.84. The van der Waals surface area contributed by atoms with Crippen molar-refractivity contribution in [3.63, 3.8) is 0 Å². The second-order valence-corrected chi connectivity index (χ2v) is 7.32. The number of carbonyl (C=O) groups is 1. The van der Waals surface area contributed by atoms with Crippen molar-refractivity contribution in [2.45, 2.75) is 33.3 Å². The number of aryl methyl sites for hydroxylation is 2. The van der Waals surface area contributed by atoms with Gasteiger partial charge in [0.05, 0.1) is 0 Å². The molecule has 0 atom stereocenters. The van der Waals surface area contributed by atoms with E-state index in [2.05, 4.69) is 0 Å². The van der Waals surface area contributed by atoms with E-state index in [1.165, 1.54) is 0 Å². The van der Waals surface area contributed by atoms with Gasteiger partial charge in [-0.1, -0.05) is 29.3 Å². The van der Waals surface area contributed by atoms with E-state index in [1.54, 1.807) is 38.1 Å². The zero-order valence-corrected chi connectivity index (χ0v) is 16.9. The van der Waals surface area contributed by atoms with Gasteiger partial charge in [-0.15, -0.1) is 0 Å². The van der Waals surface area contributed by atoms with Gasteiger partial charge in [-0.3, -0.25) is 4.79 Å². The molecule has 0 bridgehead atoms. The lowest BCUT2D eigenvalue weighted by Crippen LogP contribution is -2.12. The Morgan fingerprint density at radius 2 is 1.89 bits per heavy atom. The molecule has 0 radical (unpaired) electrons. The molecule has 7 heteroatoms. The molecular formula is C21H18Cl2O5. The molecule has 5 nitrogen and oxygen atoms in total. The minimum Gasteiger partial charge on any atom is -0.488 e. The standard InChI is InChI=1S/C21H18Cl2O5/c1-11-15-5-7-18(27-10-13-3-4-14(22)9-17(13)23)12(2)20(15)28-21(26)16(11)6-8-19(24)25/h3-5,7,9H,6,8,10H2,1-2H3,(H,24,25). The Morgan fingerprint density at radius 3 is 2.57 bits per heavy atom. The van der Waals surface area contributed by atoms with Crippen LogP contribution < -0.4 is 10.4 Å². The quantitative estimate of drug-likeness (QED) is 0.546. The molecule has 0 aliphatic carbocycles. The molecule has 146 valence electrons. The maximum Gasteiger partial charge on any atom is 0.339 e. The lowest BCUT2D eigenvalue weighted by molar-refractivity contribution is -0.136. The maximum absolute atomic E-state index is 12.4. The second-order valence-electron chi connectivity index (χ2n) is 6.48. The van der Waals surface area contributed by atoms with Gasteiger partial charge in [0.25, 0.3) is 0 Å². The van der Waals surface area contributed by atoms with Gasteiger partial charge in [-0.25, -0.2) is 4.79 Å². The summed E-state index contributed by atoms with van der Waals surface area (Å²) in [5.74, 6) is -0.390. The topological polar surface area (TPSA) is 76.7 Å². The van der Waals surface area contributed by atoms with Crippen LogP contribution in [0, 0.1) is 13.8 Å². The molecule has 28 heavy (non-hydrogen) atoms. The van der Waals surface area contributed by atoms with Crippen molar-refractivity contribution in [2.75, 3.05) is 0 Å². The van der Waals surface area contributed by atoms with E-state index >= 15 is 0 Å². The molecule has 3 aromatic rings. The van der Waals surface area contributed by atoms with Gasteiger partial charge in [0.15, 0.2) is 0 Å². The van der Waals surface area contributed by atoms with Crippen LogP contribution in [0.1, 0.15) is 28.7 Å². The summed E-state index contributed by atoms with van der Waals surface area (Å²) in [5, 5.41) is 10.7. The van der Waals surface area contributed by atoms with Crippen LogP contribution in [0.2, 0.25) is 10.0 Å². The van der Waals surface area contributed by atoms with Gasteiger partial charge >= 0.3 is 11.6 Å². The molecule has 3 rings (SSSR count). The minimum absolute atomic E-state index is 0.126. The van der Waals surface area contributed by atoms with Crippen molar-refractivity contribution in [1.82, 2.24) is 0 Å². The van der Waals surface area contributed by atoms with Gasteiger partial charge in [-0.2, -0.15) is 0 Å². The van der Waals surface area contributed by atoms with Crippen LogP contribution in [-0.4, -0.2) is 11.1 Å². The zero-order chi connectivity index (χ0) is 20.4. The van der Waals surface area contributed by atoms with Crippen molar-refractivity contribution in [3.05, 3.63) is 73.1 Å². The van der Waals surface area contributed by atoms with E-state index in [1.807, 2.05) is 6.07 Å². The monoisotopic (exact) mass is 420 g/mol. The van der Waals surface area contributed by atoms with Crippen LogP contribution in [-0.2, 0) is 17.8 Å². The predicted octanol–water partition coefficient (Wildman–Crippen LogP) is 5.31. The molecule has 0 unspecified atom stereocenters. The Kier molecular flexibility index (Phi) is 5.96. The van der Waals surface area contributed by atoms with E-state index in [9.17, 15) is 9.59 Å². The number of aliphatic carboxylic acids is 1. The van der Waals surface area contributed by atoms with Crippen molar-refractivity contribution in [1.29, 1.82) is 0 Å². The lowest BCUT2D eigenvalue weighted by Gasteiger charge is -2.13. The highest BCUT2D eigenvalue weighted by Crippen LogP contribution is 2.31. The molecule has 0 amide bonds. The van der Waals surface area contributed by atoms with E-state index < -0.39 is 11.6 Å². The first-order chi connectivity index (χ1) is 13.3. The number of benzene rings is 2. The van der Waals surface area contributed by atoms with Crippen LogP contribution in [0.3, 0.4) is 0 Å². The third-order valence-corrected chi connectivity index (χ3v) is 5.23. The van der Waals surface area contributed by atoms with Crippen LogP contribution in [0.25, 0.3) is 11.0 Å². The van der Waals surface area contributed by atoms with Crippen molar-refractivity contribution < 1.29 is 19.1 Å². The average molecular weight is 421 g/mol. The number of ether oxygens (including phenoxy) is 1. The summed E-state index contributed by atoms with van der Waals surface area (Å²) in [6.07, 6.45) is 0.00490. The van der Waals surface area contributed by atoms with Gasteiger partial charge in [0.2, 0.25) is 0 Å². The average Bonchev–Trinajstić information content (AvgIpc) is 2.62. The first-order valence-electron chi connectivity index (χ1n) is 8.62. The summed E-state index contributed by atoms with van der Waals surface area (Å²) < 4.78 is 11.4. The smallest absolute Gasteiger partial charge is 0.339 e. The van der Waals surface area contributed by atoms with Crippen molar-refractivity contribution >= 4 is 40.1 Å². The fraction of sp³-hybridized carbons (Fsp3) is 0.238. The molecular weight excluding hydrogens is 403 g/mol. The van der Waals surface area contributed by atoms with Crippen LogP contribution in [0.4, 0.5) is 0 Å². The molecule has 2 aromatic carbocycles. The number of fused-ring (bicyclic) bond motifs is 1. The number of hydrogen-bond acceptors (Lipinski definition) is 4. The molecule has 1 heterocycles. The Hall–Kier alpha value is -2.50. The van der Waals surface area contributed by atoms with Gasteiger partial charge in [-0.05, 0) is 50.1 Å². The number of halogens is 2. The fourth-order valence-corrected chi connectivity index (χ4v) is 3.51. The third kappa shape index (κ3) is 4.16. The van der Waals surface area contributed by atoms with Crippen LogP contribution in [0.15, 0.2) is 39.5 Å². The molecule has 1 N–H and O–H groups in total. The highest BCUT2D eigenvalue weighted by Gasteiger charge is 2.16. The summed E-state index contributed by atoms with van der Waals surface area (Å²) in [7, 11) is 0. The zero-order valence-electron chi connectivity index (χ0n) is 15.3. The SMILES string of the molecule is Cc1c(CCC(=O)O)c(=O)oc2c(C)c(OCc3ccc(Cl)cc3Cl)ccc12. The van der Waals surface area contributed by atoms with E-state index in [4.69, 9.17) is 37.5 Å². The van der Waals surface area contributed by atoms with Gasteiger partial charge < -0.3 is 14.3 Å². The molecule has 0 aliphatic heterocycles. The first-order valence-corrected chi connectivity index (χ1v) is 9.38. The van der Waals surface area contributed by atoms with Gasteiger partial charge in [0, 0.05) is 38.5 Å². The summed E-state index contributed by atoms with van der Waals surface area (Å²) >= 11 is 12.1. The van der Waals surface area contributed by atoms with Crippen molar-refractivity contribution in [3.8, 4) is 5.75 Å². The van der Waals surface area contributed by atoms with Crippen LogP contribution >= 0.6 is 23.2 Å². The molecule has 1 aromatic heterocycles. The van der Waals surface area contributed by atoms with Crippen LogP contribution in [0.5, 0.6) is 5.75 Å². The van der Waals surface area contributed by atoms with E-state index in [0.29, 0.717) is 32.5 Å². The lowest BCUT2D eigenvalue weighted by atomic mass is 10.0. The predicted molar refractivity (Wildman–Crippen MR) is 109 cm³/mol. The normalized spacial score (nSPS) is 11.0. The Morgan fingerprint density at radius 1 is 1.14 bits per heavy atom. The number of carboxylic acid groups (broad SMARTS) is 1. The molecule has 0 fully saturated rings. The molecule has 0 saturated carbocycles. The first kappa shape index (κ1) is 20.2. The van der Waals surface area contributed by atoms with E-state index in [0.717, 1.165) is 16.5 Å². The Balaban J connectivity index is 1.93. The number of hydrogen-bond donors (Lipinski definition) is 1. The van der Waals surface area contributed by atoms with Crippen molar-refractivity contribution in [2.24, 2.45) is 0 Å². The largest absolute Gasteiger partial charge is 0.488 e. The maximum atomic E-state index is 12.4. The highest BCUT2D eigenvalue weighted by molar-refractivity contribution is 6.35. The summed E-state index contributed by atoms with van der Waals surface area (Å²) in [5.41, 5.74) is 2.49. The second kappa shape index (κ2) is 8.25. The van der Waals surface area contributed by atoms with E-state index in [-0.39, 0.29) is 19.4 Å². The fourth-order valence-electron chi connectivity index (χ4n) is 3.04. The number of rotatable bonds is 6. The van der Waals surface area contributed by atoms with Gasteiger partial charge in [0.1, 0.15) is 17.9 Å². The summed E-state index contributed by atoms with van der Waals surface area (Å²) in [6, 6.07) is 8.79. The molecule has 0 spiro atoms.